The molecule has 152 valence electrons. The van der Waals surface area contributed by atoms with Gasteiger partial charge in [-0.3, -0.25) is 4.79 Å². The van der Waals surface area contributed by atoms with Crippen molar-refractivity contribution in [2.24, 2.45) is 0 Å². The van der Waals surface area contributed by atoms with E-state index < -0.39 is 11.4 Å². The molecule has 0 saturated carbocycles. The molecule has 1 saturated heterocycles. The van der Waals surface area contributed by atoms with Crippen molar-refractivity contribution in [1.29, 1.82) is 0 Å². The van der Waals surface area contributed by atoms with Gasteiger partial charge in [-0.15, -0.1) is 0 Å². The van der Waals surface area contributed by atoms with Crippen LogP contribution in [0.2, 0.25) is 0 Å². The Balaban J connectivity index is 1.89. The third-order valence-electron chi connectivity index (χ3n) is 5.13. The third kappa shape index (κ3) is 3.17. The Labute approximate surface area is 165 Å². The van der Waals surface area contributed by atoms with Gasteiger partial charge in [0, 0.05) is 24.5 Å². The summed E-state index contributed by atoms with van der Waals surface area (Å²) in [5.41, 5.74) is 0.525. The minimum atomic E-state index is -0.747. The van der Waals surface area contributed by atoms with Crippen LogP contribution in [0.3, 0.4) is 0 Å². The molecule has 3 aromatic rings. The van der Waals surface area contributed by atoms with Gasteiger partial charge in [0.15, 0.2) is 5.65 Å². The monoisotopic (exact) mass is 400 g/mol. The Hall–Kier alpha value is -3.20. The molecule has 0 radical (unpaired) electrons. The van der Waals surface area contributed by atoms with Gasteiger partial charge in [0.2, 0.25) is 5.43 Å². The third-order valence-corrected chi connectivity index (χ3v) is 5.13. The van der Waals surface area contributed by atoms with Crippen LogP contribution < -0.4 is 20.5 Å². The van der Waals surface area contributed by atoms with Crippen molar-refractivity contribution in [1.82, 2.24) is 15.0 Å². The maximum absolute atomic E-state index is 14.7. The first-order valence-electron chi connectivity index (χ1n) is 9.30. The van der Waals surface area contributed by atoms with Crippen LogP contribution in [-0.4, -0.2) is 55.6 Å². The highest BCUT2D eigenvalue weighted by Crippen LogP contribution is 2.29. The van der Waals surface area contributed by atoms with Gasteiger partial charge in [-0.1, -0.05) is 0 Å². The molecular formula is C20H21FN4O4. The number of likely N-dealkylation sites (N-methyl/N-ethyl adjacent to an activating group) is 1. The van der Waals surface area contributed by atoms with Crippen LogP contribution in [0.15, 0.2) is 29.2 Å². The molecule has 4 rings (SSSR count). The lowest BCUT2D eigenvalue weighted by atomic mass is 10.1. The first-order chi connectivity index (χ1) is 14.0. The summed E-state index contributed by atoms with van der Waals surface area (Å²) in [6.07, 6.45) is 1.26. The first-order valence-corrected chi connectivity index (χ1v) is 9.30. The summed E-state index contributed by atoms with van der Waals surface area (Å²) in [4.78, 5) is 36.7. The Morgan fingerprint density at radius 3 is 2.76 bits per heavy atom. The van der Waals surface area contributed by atoms with Crippen LogP contribution in [0.1, 0.15) is 17.3 Å². The van der Waals surface area contributed by atoms with Gasteiger partial charge in [0.05, 0.1) is 29.4 Å². The van der Waals surface area contributed by atoms with Crippen molar-refractivity contribution in [2.75, 3.05) is 38.8 Å². The number of carbonyl (C=O) groups excluding carboxylic acids is 1. The van der Waals surface area contributed by atoms with Gasteiger partial charge < -0.3 is 19.8 Å². The van der Waals surface area contributed by atoms with Crippen molar-refractivity contribution >= 4 is 33.6 Å². The molecule has 0 amide bonds. The molecule has 0 unspecified atom stereocenters. The molecule has 3 heterocycles. The smallest absolute Gasteiger partial charge is 0.343 e. The predicted molar refractivity (Wildman–Crippen MR) is 107 cm³/mol. The molecule has 0 spiro atoms. The van der Waals surface area contributed by atoms with E-state index in [-0.39, 0.29) is 29.0 Å². The second-order valence-corrected chi connectivity index (χ2v) is 6.85. The van der Waals surface area contributed by atoms with Gasteiger partial charge in [0.1, 0.15) is 18.5 Å². The lowest BCUT2D eigenvalue weighted by Gasteiger charge is -2.41. The van der Waals surface area contributed by atoms with Crippen LogP contribution >= 0.6 is 0 Å². The van der Waals surface area contributed by atoms with Gasteiger partial charge in [-0.2, -0.15) is 4.73 Å². The average Bonchev–Trinajstić information content (AvgIpc) is 2.67. The van der Waals surface area contributed by atoms with E-state index in [9.17, 15) is 14.0 Å². The Kier molecular flexibility index (Phi) is 4.83. The summed E-state index contributed by atoms with van der Waals surface area (Å²) in [5, 5.41) is 3.77. The minimum Gasteiger partial charge on any atom is -0.462 e. The van der Waals surface area contributed by atoms with Crippen molar-refractivity contribution in [3.05, 3.63) is 46.0 Å². The molecule has 8 nitrogen and oxygen atoms in total. The number of rotatable bonds is 5. The fourth-order valence-corrected chi connectivity index (χ4v) is 3.48. The molecule has 2 aromatic heterocycles. The highest BCUT2D eigenvalue weighted by molar-refractivity contribution is 5.97. The topological polar surface area (TPSA) is 85.7 Å². The van der Waals surface area contributed by atoms with Crippen LogP contribution in [0.5, 0.6) is 0 Å². The molecule has 1 aliphatic rings. The number of halogens is 1. The number of ether oxygens (including phenoxy) is 1. The quantitative estimate of drug-likeness (QED) is 0.511. The molecule has 0 aliphatic carbocycles. The standard InChI is InChI=1S/C20H21FN4O4/c1-4-29-20(27)14-10-25(28-3)19-13(18(14)26)5-11-6-15(21)17(7-16(11)23-19)24-8-12(9-24)22-2/h5-7,10,12,22H,4,8-9H2,1-3H3. The maximum Gasteiger partial charge on any atom is 0.343 e. The van der Waals surface area contributed by atoms with Crippen LogP contribution in [-0.2, 0) is 4.74 Å². The number of pyridine rings is 2. The number of esters is 1. The molecule has 9 heteroatoms. The average molecular weight is 400 g/mol. The molecule has 1 aromatic carbocycles. The van der Waals surface area contributed by atoms with Gasteiger partial charge in [-0.25, -0.2) is 14.2 Å². The van der Waals surface area contributed by atoms with Gasteiger partial charge in [-0.05, 0) is 32.2 Å². The zero-order chi connectivity index (χ0) is 20.7. The number of nitrogens with zero attached hydrogens (tertiary/aromatic N) is 3. The number of nitrogens with one attached hydrogen (secondary N) is 1. The Bertz CT molecular complexity index is 1170. The SMILES string of the molecule is CCOC(=O)c1cn(OC)c2nc3cc(N4CC(NC)C4)c(F)cc3cc2c1=O. The molecule has 1 N–H and O–H groups in total. The highest BCUT2D eigenvalue weighted by atomic mass is 19.1. The summed E-state index contributed by atoms with van der Waals surface area (Å²) in [6.45, 7) is 3.20. The number of benzene rings is 1. The largest absolute Gasteiger partial charge is 0.462 e. The zero-order valence-electron chi connectivity index (χ0n) is 16.4. The normalized spacial score (nSPS) is 14.3. The van der Waals surface area contributed by atoms with E-state index in [1.165, 1.54) is 30.2 Å². The van der Waals surface area contributed by atoms with Crippen molar-refractivity contribution in [2.45, 2.75) is 13.0 Å². The highest BCUT2D eigenvalue weighted by Gasteiger charge is 2.28. The summed E-state index contributed by atoms with van der Waals surface area (Å²) >= 11 is 0. The van der Waals surface area contributed by atoms with Crippen molar-refractivity contribution in [3.8, 4) is 0 Å². The summed E-state index contributed by atoms with van der Waals surface area (Å²) in [5.74, 6) is -1.13. The van der Waals surface area contributed by atoms with E-state index >= 15 is 0 Å². The maximum atomic E-state index is 14.7. The number of carbonyl (C=O) groups is 1. The first kappa shape index (κ1) is 19.1. The van der Waals surface area contributed by atoms with Crippen LogP contribution in [0.4, 0.5) is 10.1 Å². The Morgan fingerprint density at radius 1 is 1.34 bits per heavy atom. The molecular weight excluding hydrogens is 379 g/mol. The van der Waals surface area contributed by atoms with Crippen LogP contribution in [0, 0.1) is 5.82 Å². The Morgan fingerprint density at radius 2 is 2.10 bits per heavy atom. The zero-order valence-corrected chi connectivity index (χ0v) is 16.4. The minimum absolute atomic E-state index is 0.137. The van der Waals surface area contributed by atoms with E-state index in [4.69, 9.17) is 9.57 Å². The fraction of sp³-hybridized carbons (Fsp3) is 0.350. The number of hydrogen-bond donors (Lipinski definition) is 1. The molecule has 1 fully saturated rings. The predicted octanol–water partition coefficient (Wildman–Crippen LogP) is 1.33. The summed E-state index contributed by atoms with van der Waals surface area (Å²) in [6, 6.07) is 4.88. The number of aromatic nitrogens is 2. The molecule has 29 heavy (non-hydrogen) atoms. The van der Waals surface area contributed by atoms with E-state index in [1.54, 1.807) is 13.0 Å². The number of anilines is 1. The van der Waals surface area contributed by atoms with Gasteiger partial charge >= 0.3 is 5.97 Å². The second kappa shape index (κ2) is 7.32. The van der Waals surface area contributed by atoms with E-state index in [2.05, 4.69) is 10.3 Å². The lowest BCUT2D eigenvalue weighted by Crippen LogP contribution is -2.57. The number of hydrogen-bond acceptors (Lipinski definition) is 7. The summed E-state index contributed by atoms with van der Waals surface area (Å²) in [7, 11) is 3.28. The fourth-order valence-electron chi connectivity index (χ4n) is 3.48. The van der Waals surface area contributed by atoms with Gasteiger partial charge in [0.25, 0.3) is 0 Å². The lowest BCUT2D eigenvalue weighted by molar-refractivity contribution is 0.0520. The molecule has 0 atom stereocenters. The van der Waals surface area contributed by atoms with E-state index in [1.807, 2.05) is 11.9 Å². The summed E-state index contributed by atoms with van der Waals surface area (Å²) < 4.78 is 20.9. The van der Waals surface area contributed by atoms with Crippen LogP contribution in [0.25, 0.3) is 21.9 Å². The van der Waals surface area contributed by atoms with Crippen molar-refractivity contribution < 1.29 is 18.8 Å². The van der Waals surface area contributed by atoms with Crippen molar-refractivity contribution in [3.63, 3.8) is 0 Å². The van der Waals surface area contributed by atoms with E-state index in [0.29, 0.717) is 35.7 Å². The molecule has 1 aliphatic heterocycles. The van der Waals surface area contributed by atoms with E-state index in [0.717, 1.165) is 0 Å². The molecule has 0 bridgehead atoms. The number of fused-ring (bicyclic) bond motifs is 2. The second-order valence-electron chi connectivity index (χ2n) is 6.85.